The Labute approximate surface area is 180 Å². The Kier molecular flexibility index (Phi) is 6.77. The van der Waals surface area contributed by atoms with E-state index >= 15 is 0 Å². The Hall–Kier alpha value is -3.58. The van der Waals surface area contributed by atoms with Crippen molar-refractivity contribution < 1.29 is 23.5 Å². The summed E-state index contributed by atoms with van der Waals surface area (Å²) in [5.74, 6) is -1.59. The molecule has 0 unspecified atom stereocenters. The molecule has 2 aromatic heterocycles. The molecule has 164 valence electrons. The predicted octanol–water partition coefficient (Wildman–Crippen LogP) is 1.47. The van der Waals surface area contributed by atoms with Crippen molar-refractivity contribution in [3.63, 3.8) is 0 Å². The van der Waals surface area contributed by atoms with Gasteiger partial charge in [0.05, 0.1) is 12.8 Å². The lowest BCUT2D eigenvalue weighted by atomic mass is 10.3. The molecule has 3 heterocycles. The fourth-order valence-electron chi connectivity index (χ4n) is 2.90. The van der Waals surface area contributed by atoms with Crippen molar-refractivity contribution in [3.05, 3.63) is 34.0 Å². The maximum atomic E-state index is 12.6. The second kappa shape index (κ2) is 9.49. The number of carbonyl (C=O) groups excluding carboxylic acids is 2. The largest absolute Gasteiger partial charge is 0.488 e. The molecule has 2 aromatic rings. The van der Waals surface area contributed by atoms with Gasteiger partial charge < -0.3 is 29.5 Å². The fraction of sp³-hybridized carbons (Fsp3) is 0.333. The quantitative estimate of drug-likeness (QED) is 0.508. The van der Waals surface area contributed by atoms with Crippen molar-refractivity contribution in [3.8, 4) is 5.75 Å². The van der Waals surface area contributed by atoms with Crippen LogP contribution in [-0.4, -0.2) is 55.1 Å². The maximum absolute atomic E-state index is 12.6. The summed E-state index contributed by atoms with van der Waals surface area (Å²) in [6.07, 6.45) is 2.45. The van der Waals surface area contributed by atoms with Crippen molar-refractivity contribution in [1.82, 2.24) is 10.2 Å². The molecule has 31 heavy (non-hydrogen) atoms. The van der Waals surface area contributed by atoms with Crippen LogP contribution in [0, 0.1) is 5.41 Å². The van der Waals surface area contributed by atoms with Crippen molar-refractivity contribution in [2.45, 2.75) is 19.4 Å². The van der Waals surface area contributed by atoms with Crippen LogP contribution in [-0.2, 0) is 9.53 Å². The van der Waals surface area contributed by atoms with Crippen LogP contribution in [0.15, 0.2) is 27.1 Å². The van der Waals surface area contributed by atoms with Crippen LogP contribution in [0.2, 0.25) is 0 Å². The Morgan fingerprint density at radius 2 is 2.03 bits per heavy atom. The Bertz CT molecular complexity index is 1090. The summed E-state index contributed by atoms with van der Waals surface area (Å²) in [5.41, 5.74) is -0.106. The number of nitrogens with one attached hydrogen (secondary N) is 3. The van der Waals surface area contributed by atoms with Gasteiger partial charge in [-0.25, -0.2) is 4.79 Å². The van der Waals surface area contributed by atoms with Gasteiger partial charge in [-0.05, 0) is 13.0 Å². The standard InChI is InChI=1S/C18H20N6O6S/c1-9(4-6-19)20-17-22-23-18(31-17)21-14(25)12-8-10(13(29-3)16(27)30-12)24-7-5-11(28-2)15(24)26/h4,6,8,11,19H,5,7H2,1-3H3,(H,20,22)(H,21,23,25)/b9-4-,19-6?/t11-/m1/s1. The summed E-state index contributed by atoms with van der Waals surface area (Å²) in [4.78, 5) is 38.8. The number of ether oxygens (including phenoxy) is 2. The van der Waals surface area contributed by atoms with Gasteiger partial charge >= 0.3 is 5.63 Å². The van der Waals surface area contributed by atoms with Crippen molar-refractivity contribution in [1.29, 1.82) is 5.41 Å². The monoisotopic (exact) mass is 448 g/mol. The Balaban J connectivity index is 1.84. The van der Waals surface area contributed by atoms with Crippen molar-refractivity contribution in [2.75, 3.05) is 36.3 Å². The van der Waals surface area contributed by atoms with Gasteiger partial charge in [-0.2, -0.15) is 0 Å². The lowest BCUT2D eigenvalue weighted by Crippen LogP contribution is -2.31. The lowest BCUT2D eigenvalue weighted by molar-refractivity contribution is -0.125. The Morgan fingerprint density at radius 1 is 1.32 bits per heavy atom. The molecule has 0 spiro atoms. The number of rotatable bonds is 8. The number of amides is 2. The van der Waals surface area contributed by atoms with E-state index in [1.54, 1.807) is 6.92 Å². The van der Waals surface area contributed by atoms with Crippen molar-refractivity contribution in [2.24, 2.45) is 0 Å². The van der Waals surface area contributed by atoms with Gasteiger partial charge in [0.1, 0.15) is 6.10 Å². The number of allylic oxidation sites excluding steroid dienone is 2. The number of hydrogen-bond acceptors (Lipinski definition) is 11. The van der Waals surface area contributed by atoms with Crippen LogP contribution in [0.3, 0.4) is 0 Å². The number of aromatic nitrogens is 2. The van der Waals surface area contributed by atoms with Crippen LogP contribution >= 0.6 is 11.3 Å². The van der Waals surface area contributed by atoms with Crippen LogP contribution < -0.4 is 25.9 Å². The molecule has 1 aliphatic rings. The first kappa shape index (κ1) is 22.1. The molecule has 0 aromatic carbocycles. The van der Waals surface area contributed by atoms with Crippen LogP contribution in [0.5, 0.6) is 5.75 Å². The average Bonchev–Trinajstić information content (AvgIpc) is 3.33. The van der Waals surface area contributed by atoms with Crippen molar-refractivity contribution >= 4 is 45.3 Å². The minimum atomic E-state index is -0.897. The van der Waals surface area contributed by atoms with Gasteiger partial charge in [-0.3, -0.25) is 14.9 Å². The van der Waals surface area contributed by atoms with Crippen LogP contribution in [0.1, 0.15) is 23.9 Å². The lowest BCUT2D eigenvalue weighted by Gasteiger charge is -2.18. The second-order valence-corrected chi connectivity index (χ2v) is 7.30. The van der Waals surface area contributed by atoms with Gasteiger partial charge in [0.25, 0.3) is 11.8 Å². The van der Waals surface area contributed by atoms with E-state index in [0.717, 1.165) is 17.6 Å². The SMILES string of the molecule is COc1c(N2CC[C@@H](OC)C2=O)cc(C(=O)Nc2nnc(N/C(C)=C\C=N)s2)oc1=O. The molecule has 0 aliphatic carbocycles. The molecule has 3 rings (SSSR count). The number of carbonyl (C=O) groups is 2. The van der Waals surface area contributed by atoms with E-state index < -0.39 is 17.6 Å². The molecular formula is C18H20N6O6S. The minimum absolute atomic E-state index is 0.125. The topological polar surface area (TPSA) is 160 Å². The molecule has 1 fully saturated rings. The zero-order chi connectivity index (χ0) is 22.5. The molecule has 1 atom stereocenters. The van der Waals surface area contributed by atoms with E-state index in [1.807, 2.05) is 0 Å². The zero-order valence-electron chi connectivity index (χ0n) is 16.9. The number of hydrogen-bond donors (Lipinski definition) is 3. The third-order valence-electron chi connectivity index (χ3n) is 4.33. The van der Waals surface area contributed by atoms with Crippen LogP contribution in [0.25, 0.3) is 0 Å². The highest BCUT2D eigenvalue weighted by Crippen LogP contribution is 2.31. The molecule has 13 heteroatoms. The molecule has 1 saturated heterocycles. The first-order chi connectivity index (χ1) is 14.9. The van der Waals surface area contributed by atoms with E-state index in [1.165, 1.54) is 31.3 Å². The predicted molar refractivity (Wildman–Crippen MR) is 113 cm³/mol. The van der Waals surface area contributed by atoms with Crippen LogP contribution in [0.4, 0.5) is 16.0 Å². The first-order valence-electron chi connectivity index (χ1n) is 9.03. The van der Waals surface area contributed by atoms with E-state index in [9.17, 15) is 14.4 Å². The molecule has 0 saturated carbocycles. The molecule has 12 nitrogen and oxygen atoms in total. The van der Waals surface area contributed by atoms with E-state index in [4.69, 9.17) is 19.3 Å². The number of anilines is 3. The van der Waals surface area contributed by atoms with E-state index in [2.05, 4.69) is 20.8 Å². The summed E-state index contributed by atoms with van der Waals surface area (Å²) in [7, 11) is 2.70. The molecule has 0 bridgehead atoms. The molecule has 2 amide bonds. The summed E-state index contributed by atoms with van der Waals surface area (Å²) in [6, 6.07) is 1.27. The van der Waals surface area contributed by atoms with Gasteiger partial charge in [-0.1, -0.05) is 11.3 Å². The number of methoxy groups -OCH3 is 2. The fourth-order valence-corrected chi connectivity index (χ4v) is 3.60. The highest BCUT2D eigenvalue weighted by molar-refractivity contribution is 7.19. The van der Waals surface area contributed by atoms with Gasteiger partial charge in [0, 0.05) is 38.1 Å². The normalized spacial score (nSPS) is 16.4. The second-order valence-electron chi connectivity index (χ2n) is 6.33. The van der Waals surface area contributed by atoms with Gasteiger partial charge in [-0.15, -0.1) is 10.2 Å². The third-order valence-corrected chi connectivity index (χ3v) is 5.09. The molecular weight excluding hydrogens is 428 g/mol. The average molecular weight is 448 g/mol. The molecule has 0 radical (unpaired) electrons. The number of nitrogens with zero attached hydrogens (tertiary/aromatic N) is 3. The smallest absolute Gasteiger partial charge is 0.381 e. The van der Waals surface area contributed by atoms with E-state index in [-0.39, 0.29) is 28.2 Å². The van der Waals surface area contributed by atoms with E-state index in [0.29, 0.717) is 23.8 Å². The molecule has 3 N–H and O–H groups in total. The Morgan fingerprint density at radius 3 is 2.65 bits per heavy atom. The summed E-state index contributed by atoms with van der Waals surface area (Å²) in [5, 5.41) is 20.8. The first-order valence-corrected chi connectivity index (χ1v) is 9.85. The van der Waals surface area contributed by atoms with Gasteiger partial charge in [0.15, 0.2) is 5.76 Å². The highest BCUT2D eigenvalue weighted by Gasteiger charge is 2.35. The molecule has 1 aliphatic heterocycles. The third kappa shape index (κ3) is 4.78. The minimum Gasteiger partial charge on any atom is -0.488 e. The summed E-state index contributed by atoms with van der Waals surface area (Å²) < 4.78 is 15.3. The zero-order valence-corrected chi connectivity index (χ0v) is 17.7. The van der Waals surface area contributed by atoms with Gasteiger partial charge in [0.2, 0.25) is 16.0 Å². The highest BCUT2D eigenvalue weighted by atomic mass is 32.1. The maximum Gasteiger partial charge on any atom is 0.381 e. The summed E-state index contributed by atoms with van der Waals surface area (Å²) >= 11 is 1.05. The summed E-state index contributed by atoms with van der Waals surface area (Å²) in [6.45, 7) is 2.04.